The second-order valence-electron chi connectivity index (χ2n) is 4.47. The van der Waals surface area contributed by atoms with Gasteiger partial charge in [0.2, 0.25) is 5.91 Å². The summed E-state index contributed by atoms with van der Waals surface area (Å²) in [6.45, 7) is 11.0. The summed E-state index contributed by atoms with van der Waals surface area (Å²) in [6.07, 6.45) is 1.84. The van der Waals surface area contributed by atoms with Gasteiger partial charge in [-0.15, -0.1) is 0 Å². The first kappa shape index (κ1) is 10.3. The van der Waals surface area contributed by atoms with Gasteiger partial charge in [-0.1, -0.05) is 26.0 Å². The van der Waals surface area contributed by atoms with E-state index < -0.39 is 0 Å². The molecule has 1 fully saturated rings. The molecule has 0 aromatic heterocycles. The molecule has 1 amide bonds. The van der Waals surface area contributed by atoms with Crippen molar-refractivity contribution in [1.82, 2.24) is 5.32 Å². The SMILES string of the molecule is C=C(C)C1(CC(C)C)CCNC1=O. The number of hydrogen-bond acceptors (Lipinski definition) is 1. The molecule has 1 saturated heterocycles. The normalized spacial score (nSPS) is 27.8. The van der Waals surface area contributed by atoms with E-state index in [1.165, 1.54) is 0 Å². The maximum Gasteiger partial charge on any atom is 0.230 e. The Bertz CT molecular complexity index is 232. The largest absolute Gasteiger partial charge is 0.355 e. The monoisotopic (exact) mass is 181 g/mol. The van der Waals surface area contributed by atoms with Crippen molar-refractivity contribution < 1.29 is 4.79 Å². The summed E-state index contributed by atoms with van der Waals surface area (Å²) >= 11 is 0. The Morgan fingerprint density at radius 3 is 2.62 bits per heavy atom. The minimum Gasteiger partial charge on any atom is -0.355 e. The molecule has 1 aliphatic rings. The van der Waals surface area contributed by atoms with Crippen LogP contribution in [0.5, 0.6) is 0 Å². The van der Waals surface area contributed by atoms with Crippen molar-refractivity contribution in [2.75, 3.05) is 6.54 Å². The van der Waals surface area contributed by atoms with Gasteiger partial charge in [-0.2, -0.15) is 0 Å². The van der Waals surface area contributed by atoms with E-state index in [1.807, 2.05) is 6.92 Å². The lowest BCUT2D eigenvalue weighted by Gasteiger charge is -2.28. The second kappa shape index (κ2) is 3.52. The minimum absolute atomic E-state index is 0.175. The molecule has 0 spiro atoms. The molecule has 1 rings (SSSR count). The summed E-state index contributed by atoms with van der Waals surface area (Å²) in [7, 11) is 0. The Balaban J connectivity index is 2.87. The van der Waals surface area contributed by atoms with Crippen LogP contribution < -0.4 is 5.32 Å². The Morgan fingerprint density at radius 2 is 2.31 bits per heavy atom. The lowest BCUT2D eigenvalue weighted by molar-refractivity contribution is -0.126. The van der Waals surface area contributed by atoms with Crippen LogP contribution in [-0.4, -0.2) is 12.5 Å². The van der Waals surface area contributed by atoms with Crippen molar-refractivity contribution >= 4 is 5.91 Å². The zero-order valence-electron chi connectivity index (χ0n) is 8.81. The van der Waals surface area contributed by atoms with Crippen molar-refractivity contribution in [3.63, 3.8) is 0 Å². The highest BCUT2D eigenvalue weighted by molar-refractivity contribution is 5.87. The molecule has 0 saturated carbocycles. The third-order valence-corrected chi connectivity index (χ3v) is 2.85. The van der Waals surface area contributed by atoms with Gasteiger partial charge in [-0.3, -0.25) is 4.79 Å². The van der Waals surface area contributed by atoms with E-state index in [4.69, 9.17) is 0 Å². The molecule has 0 aromatic rings. The van der Waals surface area contributed by atoms with Gasteiger partial charge < -0.3 is 5.32 Å². The molecule has 2 nitrogen and oxygen atoms in total. The van der Waals surface area contributed by atoms with Gasteiger partial charge in [0, 0.05) is 6.54 Å². The van der Waals surface area contributed by atoms with Gasteiger partial charge in [0.25, 0.3) is 0 Å². The quantitative estimate of drug-likeness (QED) is 0.664. The number of carbonyl (C=O) groups is 1. The first-order valence-corrected chi connectivity index (χ1v) is 4.93. The van der Waals surface area contributed by atoms with Crippen LogP contribution in [0, 0.1) is 11.3 Å². The summed E-state index contributed by atoms with van der Waals surface area (Å²) in [4.78, 5) is 11.7. The van der Waals surface area contributed by atoms with Crippen molar-refractivity contribution in [2.45, 2.75) is 33.6 Å². The highest BCUT2D eigenvalue weighted by Gasteiger charge is 2.43. The van der Waals surface area contributed by atoms with Crippen LogP contribution in [-0.2, 0) is 4.79 Å². The highest BCUT2D eigenvalue weighted by Crippen LogP contribution is 2.39. The van der Waals surface area contributed by atoms with E-state index in [0.717, 1.165) is 25.0 Å². The standard InChI is InChI=1S/C11H19NO/c1-8(2)7-11(9(3)4)5-6-12-10(11)13/h8H,3,5-7H2,1-2,4H3,(H,12,13). The third kappa shape index (κ3) is 1.77. The summed E-state index contributed by atoms with van der Waals surface area (Å²) in [5.74, 6) is 0.717. The van der Waals surface area contributed by atoms with Gasteiger partial charge in [0.05, 0.1) is 5.41 Å². The van der Waals surface area contributed by atoms with Gasteiger partial charge in [-0.25, -0.2) is 0 Å². The number of hydrogen-bond donors (Lipinski definition) is 1. The smallest absolute Gasteiger partial charge is 0.230 e. The average Bonchev–Trinajstić information content (AvgIpc) is 2.32. The topological polar surface area (TPSA) is 29.1 Å². The van der Waals surface area contributed by atoms with Gasteiger partial charge in [0.1, 0.15) is 0 Å². The van der Waals surface area contributed by atoms with Crippen LogP contribution >= 0.6 is 0 Å². The maximum absolute atomic E-state index is 11.7. The number of rotatable bonds is 3. The lowest BCUT2D eigenvalue weighted by atomic mass is 9.74. The number of carbonyl (C=O) groups excluding carboxylic acids is 1. The Labute approximate surface area is 80.4 Å². The lowest BCUT2D eigenvalue weighted by Crippen LogP contribution is -2.33. The van der Waals surface area contributed by atoms with Gasteiger partial charge >= 0.3 is 0 Å². The molecule has 0 aliphatic carbocycles. The fraction of sp³-hybridized carbons (Fsp3) is 0.727. The van der Waals surface area contributed by atoms with Crippen LogP contribution in [0.15, 0.2) is 12.2 Å². The molecule has 0 aromatic carbocycles. The summed E-state index contributed by atoms with van der Waals surface area (Å²) in [6, 6.07) is 0. The summed E-state index contributed by atoms with van der Waals surface area (Å²) < 4.78 is 0. The molecule has 74 valence electrons. The average molecular weight is 181 g/mol. The summed E-state index contributed by atoms with van der Waals surface area (Å²) in [5.41, 5.74) is 0.741. The number of amides is 1. The number of nitrogens with one attached hydrogen (secondary N) is 1. The third-order valence-electron chi connectivity index (χ3n) is 2.85. The minimum atomic E-state index is -0.270. The van der Waals surface area contributed by atoms with Crippen molar-refractivity contribution in [3.8, 4) is 0 Å². The van der Waals surface area contributed by atoms with E-state index in [-0.39, 0.29) is 11.3 Å². The fourth-order valence-electron chi connectivity index (χ4n) is 2.15. The molecule has 0 radical (unpaired) electrons. The maximum atomic E-state index is 11.7. The molecular weight excluding hydrogens is 162 g/mol. The van der Waals surface area contributed by atoms with Gasteiger partial charge in [-0.05, 0) is 25.7 Å². The van der Waals surface area contributed by atoms with Crippen molar-refractivity contribution in [3.05, 3.63) is 12.2 Å². The molecule has 13 heavy (non-hydrogen) atoms. The zero-order valence-corrected chi connectivity index (χ0v) is 8.81. The van der Waals surface area contributed by atoms with E-state index in [9.17, 15) is 4.79 Å². The molecule has 0 bridgehead atoms. The van der Waals surface area contributed by atoms with Crippen LogP contribution in [0.1, 0.15) is 33.6 Å². The predicted octanol–water partition coefficient (Wildman–Crippen LogP) is 2.11. The second-order valence-corrected chi connectivity index (χ2v) is 4.47. The Morgan fingerprint density at radius 1 is 1.69 bits per heavy atom. The molecule has 1 unspecified atom stereocenters. The molecule has 1 aliphatic heterocycles. The van der Waals surface area contributed by atoms with Gasteiger partial charge in [0.15, 0.2) is 0 Å². The molecular formula is C11H19NO. The first-order chi connectivity index (χ1) is 5.99. The van der Waals surface area contributed by atoms with Crippen molar-refractivity contribution in [1.29, 1.82) is 0 Å². The van der Waals surface area contributed by atoms with E-state index in [2.05, 4.69) is 25.7 Å². The molecule has 2 heteroatoms. The highest BCUT2D eigenvalue weighted by atomic mass is 16.2. The predicted molar refractivity (Wildman–Crippen MR) is 54.3 cm³/mol. The zero-order chi connectivity index (χ0) is 10.1. The van der Waals surface area contributed by atoms with Crippen LogP contribution in [0.25, 0.3) is 0 Å². The summed E-state index contributed by atoms with van der Waals surface area (Å²) in [5, 5.41) is 2.90. The molecule has 1 atom stereocenters. The molecule has 1 N–H and O–H groups in total. The molecule has 1 heterocycles. The van der Waals surface area contributed by atoms with E-state index in [0.29, 0.717) is 5.92 Å². The fourth-order valence-corrected chi connectivity index (χ4v) is 2.15. The Hall–Kier alpha value is -0.790. The van der Waals surface area contributed by atoms with Crippen molar-refractivity contribution in [2.24, 2.45) is 11.3 Å². The Kier molecular flexibility index (Phi) is 2.79. The van der Waals surface area contributed by atoms with Crippen LogP contribution in [0.3, 0.4) is 0 Å². The first-order valence-electron chi connectivity index (χ1n) is 4.93. The van der Waals surface area contributed by atoms with E-state index >= 15 is 0 Å². The van der Waals surface area contributed by atoms with E-state index in [1.54, 1.807) is 0 Å². The van der Waals surface area contributed by atoms with Crippen LogP contribution in [0.2, 0.25) is 0 Å². The van der Waals surface area contributed by atoms with Crippen LogP contribution in [0.4, 0.5) is 0 Å².